The van der Waals surface area contributed by atoms with E-state index in [0.717, 1.165) is 36.9 Å². The predicted octanol–water partition coefficient (Wildman–Crippen LogP) is 5.05. The zero-order valence-corrected chi connectivity index (χ0v) is 19.8. The Bertz CT molecular complexity index is 1070. The molecule has 1 atom stereocenters. The van der Waals surface area contributed by atoms with Crippen LogP contribution in [0.25, 0.3) is 0 Å². The van der Waals surface area contributed by atoms with Gasteiger partial charge in [-0.3, -0.25) is 20.2 Å². The van der Waals surface area contributed by atoms with Gasteiger partial charge in [0.25, 0.3) is 11.4 Å². The van der Waals surface area contributed by atoms with Gasteiger partial charge in [0.1, 0.15) is 11.4 Å². The van der Waals surface area contributed by atoms with Gasteiger partial charge in [-0.2, -0.15) is 0 Å². The molecule has 2 aromatic rings. The number of benzene rings is 2. The largest absolute Gasteiger partial charge is 0.444 e. The zero-order chi connectivity index (χ0) is 25.6. The van der Waals surface area contributed by atoms with Gasteiger partial charge in [-0.1, -0.05) is 0 Å². The van der Waals surface area contributed by atoms with Gasteiger partial charge >= 0.3 is 6.09 Å². The normalized spacial score (nSPS) is 15.2. The molecular formula is C23H29FN4O6. The second-order valence-corrected chi connectivity index (χ2v) is 8.99. The number of halogens is 1. The number of nitrogens with zero attached hydrogens (tertiary/aromatic N) is 3. The number of nitro groups is 2. The molecule has 0 bridgehead atoms. The first-order valence-electron chi connectivity index (χ1n) is 10.7. The summed E-state index contributed by atoms with van der Waals surface area (Å²) in [5.41, 5.74) is 1.47. The molecule has 1 aliphatic heterocycles. The van der Waals surface area contributed by atoms with Crippen molar-refractivity contribution in [3.8, 4) is 0 Å². The van der Waals surface area contributed by atoms with Crippen LogP contribution in [0, 0.1) is 39.9 Å². The Morgan fingerprint density at radius 3 is 2.12 bits per heavy atom. The molecule has 11 heteroatoms. The number of nitrogens with one attached hydrogen (secondary N) is 1. The van der Waals surface area contributed by atoms with E-state index in [1.165, 1.54) is 13.0 Å². The SMILES string of the molecule is Cc1cc(F)ccc1[N+](=O)[O-].Cc1cc(N2CCC(NC(=O)OC(C)(C)C)C2)ccc1[N+](=O)[O-]. The topological polar surface area (TPSA) is 128 Å². The Morgan fingerprint density at radius 1 is 1.06 bits per heavy atom. The van der Waals surface area contributed by atoms with E-state index in [2.05, 4.69) is 10.2 Å². The highest BCUT2D eigenvalue weighted by molar-refractivity contribution is 5.68. The first-order chi connectivity index (χ1) is 15.8. The van der Waals surface area contributed by atoms with Crippen molar-refractivity contribution in [1.29, 1.82) is 0 Å². The maximum Gasteiger partial charge on any atom is 0.407 e. The second-order valence-electron chi connectivity index (χ2n) is 8.99. The Labute approximate surface area is 197 Å². The Morgan fingerprint density at radius 2 is 1.62 bits per heavy atom. The van der Waals surface area contributed by atoms with Crippen molar-refractivity contribution in [2.75, 3.05) is 18.0 Å². The molecule has 1 fully saturated rings. The van der Waals surface area contributed by atoms with Crippen molar-refractivity contribution in [3.63, 3.8) is 0 Å². The molecular weight excluding hydrogens is 447 g/mol. The van der Waals surface area contributed by atoms with Crippen molar-refractivity contribution in [2.24, 2.45) is 0 Å². The molecule has 1 N–H and O–H groups in total. The third-order valence-corrected chi connectivity index (χ3v) is 5.01. The number of ether oxygens (including phenoxy) is 1. The number of amides is 1. The number of hydrogen-bond acceptors (Lipinski definition) is 7. The lowest BCUT2D eigenvalue weighted by Gasteiger charge is -2.22. The maximum absolute atomic E-state index is 12.4. The number of hydrogen-bond donors (Lipinski definition) is 1. The molecule has 184 valence electrons. The number of alkyl carbamates (subject to hydrolysis) is 1. The van der Waals surface area contributed by atoms with Gasteiger partial charge in [0.2, 0.25) is 0 Å². The second kappa shape index (κ2) is 10.9. The van der Waals surface area contributed by atoms with Gasteiger partial charge in [-0.05, 0) is 65.3 Å². The van der Waals surface area contributed by atoms with Crippen molar-refractivity contribution in [1.82, 2.24) is 5.32 Å². The van der Waals surface area contributed by atoms with E-state index in [0.29, 0.717) is 17.7 Å². The average molecular weight is 477 g/mol. The molecule has 1 saturated heterocycles. The molecule has 1 amide bonds. The van der Waals surface area contributed by atoms with Gasteiger partial charge in [-0.25, -0.2) is 9.18 Å². The Hall–Kier alpha value is -3.76. The quantitative estimate of drug-likeness (QED) is 0.483. The lowest BCUT2D eigenvalue weighted by atomic mass is 10.1. The lowest BCUT2D eigenvalue weighted by molar-refractivity contribution is -0.385. The van der Waals surface area contributed by atoms with Gasteiger partial charge < -0.3 is 15.0 Å². The molecule has 1 aliphatic rings. The fourth-order valence-corrected chi connectivity index (χ4v) is 3.45. The van der Waals surface area contributed by atoms with Crippen molar-refractivity contribution >= 4 is 23.2 Å². The van der Waals surface area contributed by atoms with E-state index < -0.39 is 22.4 Å². The molecule has 1 unspecified atom stereocenters. The monoisotopic (exact) mass is 476 g/mol. The van der Waals surface area contributed by atoms with Crippen LogP contribution >= 0.6 is 0 Å². The molecule has 0 aliphatic carbocycles. The standard InChI is InChI=1S/C16H23N3O4.C7H6FNO2/c1-11-9-13(5-6-14(11)19(21)22)18-8-7-12(10-18)17-15(20)23-16(2,3)4;1-5-4-6(8)2-3-7(5)9(10)11/h5-6,9,12H,7-8,10H2,1-4H3,(H,17,20);2-4H,1H3. The van der Waals surface area contributed by atoms with E-state index in [1.807, 2.05) is 26.8 Å². The summed E-state index contributed by atoms with van der Waals surface area (Å²) in [5.74, 6) is -0.451. The number of rotatable bonds is 4. The van der Waals surface area contributed by atoms with Crippen molar-refractivity contribution < 1.29 is 23.8 Å². The Balaban J connectivity index is 0.000000310. The van der Waals surface area contributed by atoms with E-state index >= 15 is 0 Å². The van der Waals surface area contributed by atoms with Gasteiger partial charge in [-0.15, -0.1) is 0 Å². The minimum atomic E-state index is -0.533. The average Bonchev–Trinajstić information content (AvgIpc) is 3.14. The van der Waals surface area contributed by atoms with Gasteiger partial charge in [0.15, 0.2) is 0 Å². The number of carbonyl (C=O) groups excluding carboxylic acids is 1. The first-order valence-corrected chi connectivity index (χ1v) is 10.7. The summed E-state index contributed by atoms with van der Waals surface area (Å²) in [6, 6.07) is 8.47. The smallest absolute Gasteiger partial charge is 0.407 e. The summed E-state index contributed by atoms with van der Waals surface area (Å²) in [7, 11) is 0. The third-order valence-electron chi connectivity index (χ3n) is 5.01. The predicted molar refractivity (Wildman–Crippen MR) is 126 cm³/mol. The number of nitro benzene ring substituents is 2. The molecule has 0 radical (unpaired) electrons. The van der Waals surface area contributed by atoms with Gasteiger partial charge in [0, 0.05) is 42.0 Å². The molecule has 0 saturated carbocycles. The fourth-order valence-electron chi connectivity index (χ4n) is 3.45. The Kier molecular flexibility index (Phi) is 8.50. The number of anilines is 1. The minimum Gasteiger partial charge on any atom is -0.444 e. The van der Waals surface area contributed by atoms with Crippen LogP contribution in [0.15, 0.2) is 36.4 Å². The third kappa shape index (κ3) is 7.68. The van der Waals surface area contributed by atoms with Crippen LogP contribution in [0.2, 0.25) is 0 Å². The van der Waals surface area contributed by atoms with Crippen LogP contribution in [-0.4, -0.2) is 40.7 Å². The molecule has 10 nitrogen and oxygen atoms in total. The highest BCUT2D eigenvalue weighted by Gasteiger charge is 2.27. The molecule has 34 heavy (non-hydrogen) atoms. The van der Waals surface area contributed by atoms with Gasteiger partial charge in [0.05, 0.1) is 15.9 Å². The van der Waals surface area contributed by atoms with E-state index in [-0.39, 0.29) is 22.3 Å². The first kappa shape index (κ1) is 26.5. The summed E-state index contributed by atoms with van der Waals surface area (Å²) in [6.07, 6.45) is 0.402. The summed E-state index contributed by atoms with van der Waals surface area (Å²) in [6.45, 7) is 10.2. The molecule has 3 rings (SSSR count). The molecule has 0 aromatic heterocycles. The minimum absolute atomic E-state index is 0.0142. The highest BCUT2D eigenvalue weighted by atomic mass is 19.1. The number of carbonyl (C=O) groups is 1. The van der Waals surface area contributed by atoms with Crippen LogP contribution in [0.4, 0.5) is 26.2 Å². The van der Waals surface area contributed by atoms with Crippen LogP contribution in [0.1, 0.15) is 38.3 Å². The number of aryl methyl sites for hydroxylation is 2. The maximum atomic E-state index is 12.4. The van der Waals surface area contributed by atoms with Crippen molar-refractivity contribution in [2.45, 2.75) is 52.7 Å². The van der Waals surface area contributed by atoms with Crippen LogP contribution < -0.4 is 10.2 Å². The summed E-state index contributed by atoms with van der Waals surface area (Å²) in [5, 5.41) is 24.0. The summed E-state index contributed by atoms with van der Waals surface area (Å²) >= 11 is 0. The van der Waals surface area contributed by atoms with Crippen LogP contribution in [-0.2, 0) is 4.74 Å². The fraction of sp³-hybridized carbons (Fsp3) is 0.435. The molecule has 2 aromatic carbocycles. The summed E-state index contributed by atoms with van der Waals surface area (Å²) in [4.78, 5) is 34.1. The zero-order valence-electron chi connectivity index (χ0n) is 19.8. The lowest BCUT2D eigenvalue weighted by Crippen LogP contribution is -2.40. The van der Waals surface area contributed by atoms with Crippen molar-refractivity contribution in [3.05, 3.63) is 73.6 Å². The van der Waals surface area contributed by atoms with Crippen LogP contribution in [0.5, 0.6) is 0 Å². The molecule has 1 heterocycles. The highest BCUT2D eigenvalue weighted by Crippen LogP contribution is 2.27. The van der Waals surface area contributed by atoms with Crippen LogP contribution in [0.3, 0.4) is 0 Å². The summed E-state index contributed by atoms with van der Waals surface area (Å²) < 4.78 is 17.6. The van der Waals surface area contributed by atoms with E-state index in [1.54, 1.807) is 13.0 Å². The molecule has 0 spiro atoms. The van der Waals surface area contributed by atoms with E-state index in [9.17, 15) is 29.4 Å². The van der Waals surface area contributed by atoms with E-state index in [4.69, 9.17) is 4.74 Å².